The van der Waals surface area contributed by atoms with Crippen LogP contribution in [-0.4, -0.2) is 37.2 Å². The molecule has 2 rings (SSSR count). The average molecular weight is 406 g/mol. The number of benzene rings is 2. The molecule has 6 heteroatoms. The van der Waals surface area contributed by atoms with Crippen LogP contribution in [0.5, 0.6) is 5.75 Å². The van der Waals surface area contributed by atoms with Gasteiger partial charge < -0.3 is 9.64 Å². The third-order valence-electron chi connectivity index (χ3n) is 3.74. The fourth-order valence-electron chi connectivity index (χ4n) is 2.39. The van der Waals surface area contributed by atoms with Crippen molar-refractivity contribution in [2.45, 2.75) is 26.2 Å². The van der Waals surface area contributed by atoms with E-state index in [1.165, 1.54) is 5.56 Å². The second-order valence-electron chi connectivity index (χ2n) is 6.07. The van der Waals surface area contributed by atoms with E-state index in [-0.39, 0.29) is 31.0 Å². The number of rotatable bonds is 7. The van der Waals surface area contributed by atoms with Crippen molar-refractivity contribution in [2.75, 3.05) is 21.1 Å². The van der Waals surface area contributed by atoms with Crippen LogP contribution in [0.15, 0.2) is 48.5 Å². The van der Waals surface area contributed by atoms with Crippen molar-refractivity contribution < 1.29 is 4.74 Å². The van der Waals surface area contributed by atoms with Gasteiger partial charge in [0.05, 0.1) is 0 Å². The Kier molecular flexibility index (Phi) is 11.2. The molecule has 0 saturated heterocycles. The summed E-state index contributed by atoms with van der Waals surface area (Å²) in [6, 6.07) is 16.2. The lowest BCUT2D eigenvalue weighted by Gasteiger charge is -2.27. The Balaban J connectivity index is 0.00000288. The highest BCUT2D eigenvalue weighted by atomic mass is 35.5. The second kappa shape index (κ2) is 11.6. The molecular weight excluding hydrogens is 379 g/mol. The van der Waals surface area contributed by atoms with Gasteiger partial charge in [0.1, 0.15) is 12.0 Å². The topological polar surface area (TPSA) is 15.7 Å². The van der Waals surface area contributed by atoms with Gasteiger partial charge in [0.2, 0.25) is 0 Å². The van der Waals surface area contributed by atoms with Gasteiger partial charge >= 0.3 is 0 Å². The summed E-state index contributed by atoms with van der Waals surface area (Å²) in [6.45, 7) is 3.65. The molecule has 140 valence electrons. The summed E-state index contributed by atoms with van der Waals surface area (Å²) in [5.41, 5.74) is 2.30. The van der Waals surface area contributed by atoms with Gasteiger partial charge in [0, 0.05) is 23.7 Å². The molecule has 0 aromatic heterocycles. The van der Waals surface area contributed by atoms with E-state index < -0.39 is 0 Å². The zero-order valence-corrected chi connectivity index (χ0v) is 17.5. The quantitative estimate of drug-likeness (QED) is 0.596. The summed E-state index contributed by atoms with van der Waals surface area (Å²) in [5, 5.41) is 0.745. The van der Waals surface area contributed by atoms with E-state index in [9.17, 15) is 0 Å². The van der Waals surface area contributed by atoms with E-state index in [4.69, 9.17) is 16.3 Å². The first-order chi connectivity index (χ1) is 11.0. The molecule has 0 heterocycles. The average Bonchev–Trinajstić information content (AvgIpc) is 2.51. The summed E-state index contributed by atoms with van der Waals surface area (Å²) in [6.07, 6.45) is -0.0467. The van der Waals surface area contributed by atoms with Gasteiger partial charge in [-0.15, -0.1) is 24.8 Å². The van der Waals surface area contributed by atoms with E-state index in [1.807, 2.05) is 38.4 Å². The Labute approximate surface area is 168 Å². The first-order valence-electron chi connectivity index (χ1n) is 7.80. The van der Waals surface area contributed by atoms with E-state index in [0.29, 0.717) is 0 Å². The second-order valence-corrected chi connectivity index (χ2v) is 6.48. The zero-order chi connectivity index (χ0) is 16.8. The normalized spacial score (nSPS) is 11.6. The molecule has 1 unspecified atom stereocenters. The molecule has 2 aromatic carbocycles. The van der Waals surface area contributed by atoms with Crippen molar-refractivity contribution >= 4 is 36.4 Å². The Hall–Kier alpha value is -0.970. The monoisotopic (exact) mass is 404 g/mol. The summed E-state index contributed by atoms with van der Waals surface area (Å²) < 4.78 is 6.18. The smallest absolute Gasteiger partial charge is 0.149 e. The van der Waals surface area contributed by atoms with Gasteiger partial charge in [-0.25, -0.2) is 0 Å². The first kappa shape index (κ1) is 24.0. The molecule has 2 aromatic rings. The van der Waals surface area contributed by atoms with Crippen LogP contribution in [0.3, 0.4) is 0 Å². The molecule has 25 heavy (non-hydrogen) atoms. The maximum absolute atomic E-state index is 6.35. The largest absolute Gasteiger partial charge is 0.475 e. The highest BCUT2D eigenvalue weighted by Gasteiger charge is 2.15. The van der Waals surface area contributed by atoms with Crippen molar-refractivity contribution in [1.29, 1.82) is 0 Å². The molecule has 1 atom stereocenters. The van der Waals surface area contributed by atoms with Gasteiger partial charge in [0.15, 0.2) is 0 Å². The van der Waals surface area contributed by atoms with Crippen molar-refractivity contribution in [3.05, 3.63) is 64.7 Å². The number of nitrogens with zero attached hydrogens (tertiary/aromatic N) is 2. The van der Waals surface area contributed by atoms with E-state index in [0.717, 1.165) is 29.4 Å². The first-order valence-corrected chi connectivity index (χ1v) is 8.18. The molecule has 0 amide bonds. The van der Waals surface area contributed by atoms with Crippen LogP contribution in [0.4, 0.5) is 0 Å². The maximum atomic E-state index is 6.35. The fourth-order valence-corrected chi connectivity index (χ4v) is 2.62. The Morgan fingerprint density at radius 2 is 1.56 bits per heavy atom. The van der Waals surface area contributed by atoms with E-state index in [1.54, 1.807) is 0 Å². The van der Waals surface area contributed by atoms with Crippen molar-refractivity contribution in [3.63, 3.8) is 0 Å². The van der Waals surface area contributed by atoms with Gasteiger partial charge in [-0.1, -0.05) is 48.0 Å². The Bertz CT molecular complexity index is 623. The number of ether oxygens (including phenoxy) is 1. The van der Waals surface area contributed by atoms with Gasteiger partial charge in [-0.2, -0.15) is 0 Å². The van der Waals surface area contributed by atoms with Crippen LogP contribution in [0.25, 0.3) is 0 Å². The summed E-state index contributed by atoms with van der Waals surface area (Å²) >= 11 is 6.35. The van der Waals surface area contributed by atoms with Gasteiger partial charge in [-0.05, 0) is 45.8 Å². The lowest BCUT2D eigenvalue weighted by molar-refractivity contribution is 0.0537. The number of hydrogen-bond donors (Lipinski definition) is 0. The summed E-state index contributed by atoms with van der Waals surface area (Å²) in [5.74, 6) is 0.846. The van der Waals surface area contributed by atoms with Crippen LogP contribution >= 0.6 is 36.4 Å². The fraction of sp³-hybridized carbons (Fsp3) is 0.368. The summed E-state index contributed by atoms with van der Waals surface area (Å²) in [4.78, 5) is 4.27. The molecule has 0 saturated carbocycles. The lowest BCUT2D eigenvalue weighted by Crippen LogP contribution is -2.33. The maximum Gasteiger partial charge on any atom is 0.149 e. The molecule has 0 aliphatic rings. The SMILES string of the molecule is CC(Oc1cccc(Cl)c1CN(C)C)N(C)Cc1ccccc1.Cl.Cl. The third-order valence-corrected chi connectivity index (χ3v) is 4.10. The van der Waals surface area contributed by atoms with Gasteiger partial charge in [-0.3, -0.25) is 4.90 Å². The minimum atomic E-state index is -0.0467. The molecule has 0 radical (unpaired) electrons. The van der Waals surface area contributed by atoms with Gasteiger partial charge in [0.25, 0.3) is 0 Å². The highest BCUT2D eigenvalue weighted by Crippen LogP contribution is 2.28. The van der Waals surface area contributed by atoms with Crippen molar-refractivity contribution in [3.8, 4) is 5.75 Å². The van der Waals surface area contributed by atoms with Crippen molar-refractivity contribution in [1.82, 2.24) is 9.80 Å². The minimum absolute atomic E-state index is 0. The molecule has 0 N–H and O–H groups in total. The lowest BCUT2D eigenvalue weighted by atomic mass is 10.2. The van der Waals surface area contributed by atoms with Crippen LogP contribution < -0.4 is 4.74 Å². The molecular formula is C19H27Cl3N2O. The van der Waals surface area contributed by atoms with Crippen molar-refractivity contribution in [2.24, 2.45) is 0 Å². The third kappa shape index (κ3) is 7.43. The minimum Gasteiger partial charge on any atom is -0.475 e. The molecule has 0 spiro atoms. The molecule has 0 fully saturated rings. The molecule has 3 nitrogen and oxygen atoms in total. The van der Waals surface area contributed by atoms with Crippen LogP contribution in [0, 0.1) is 0 Å². The van der Waals surface area contributed by atoms with Crippen LogP contribution in [0.1, 0.15) is 18.1 Å². The summed E-state index contributed by atoms with van der Waals surface area (Å²) in [7, 11) is 6.12. The predicted octanol–water partition coefficient (Wildman–Crippen LogP) is 5.10. The number of halogens is 3. The Morgan fingerprint density at radius 3 is 2.16 bits per heavy atom. The predicted molar refractivity (Wildman–Crippen MR) is 111 cm³/mol. The molecule has 0 aliphatic heterocycles. The molecule has 0 aliphatic carbocycles. The zero-order valence-electron chi connectivity index (χ0n) is 15.1. The van der Waals surface area contributed by atoms with E-state index in [2.05, 4.69) is 48.0 Å². The van der Waals surface area contributed by atoms with Crippen LogP contribution in [-0.2, 0) is 13.1 Å². The van der Waals surface area contributed by atoms with E-state index >= 15 is 0 Å². The van der Waals surface area contributed by atoms with Crippen LogP contribution in [0.2, 0.25) is 5.02 Å². The standard InChI is InChI=1S/C19H25ClN2O.2ClH/c1-15(22(4)13-16-9-6-5-7-10-16)23-19-12-8-11-18(20)17(19)14-21(2)3;;/h5-12,15H,13-14H2,1-4H3;2*1H. The highest BCUT2D eigenvalue weighted by molar-refractivity contribution is 6.31. The Morgan fingerprint density at radius 1 is 0.920 bits per heavy atom. The molecule has 0 bridgehead atoms. The number of hydrogen-bond acceptors (Lipinski definition) is 3.